The molecule has 2 nitrogen and oxygen atoms in total. The van der Waals surface area contributed by atoms with Gasteiger partial charge in [0.2, 0.25) is 0 Å². The number of nitrogens with two attached hydrogens (primary N) is 1. The number of benzene rings is 1. The van der Waals surface area contributed by atoms with Crippen LogP contribution in [0.4, 0.5) is 4.39 Å². The minimum absolute atomic E-state index is 0.0595. The van der Waals surface area contributed by atoms with Crippen LogP contribution in [0.1, 0.15) is 38.3 Å². The summed E-state index contributed by atoms with van der Waals surface area (Å²) in [4.78, 5) is 2.34. The third-order valence-corrected chi connectivity index (χ3v) is 4.30. The van der Waals surface area contributed by atoms with Gasteiger partial charge in [0.05, 0.1) is 0 Å². The van der Waals surface area contributed by atoms with Gasteiger partial charge in [-0.2, -0.15) is 0 Å². The number of rotatable bonds is 3. The highest BCUT2D eigenvalue weighted by Gasteiger charge is 2.29. The van der Waals surface area contributed by atoms with E-state index in [-0.39, 0.29) is 11.9 Å². The number of likely N-dealkylation sites (tertiary alicyclic amines) is 1. The number of hydrogen-bond acceptors (Lipinski definition) is 2. The molecule has 0 radical (unpaired) electrons. The fourth-order valence-electron chi connectivity index (χ4n) is 2.70. The zero-order chi connectivity index (χ0) is 14.0. The van der Waals surface area contributed by atoms with Gasteiger partial charge in [0.1, 0.15) is 5.82 Å². The first-order chi connectivity index (χ1) is 8.91. The SMILES string of the molecule is CC1(C)CCN(C(CN)c2cc(F)cc(Cl)c2)CC1. The first-order valence-electron chi connectivity index (χ1n) is 6.81. The van der Waals surface area contributed by atoms with E-state index in [1.165, 1.54) is 6.07 Å². The Hall–Kier alpha value is -0.640. The van der Waals surface area contributed by atoms with Crippen LogP contribution in [0.5, 0.6) is 0 Å². The standard InChI is InChI=1S/C15H22ClFN2/c1-15(2)3-5-19(6-4-15)14(10-18)11-7-12(16)9-13(17)8-11/h7-9,14H,3-6,10,18H2,1-2H3. The molecule has 0 bridgehead atoms. The monoisotopic (exact) mass is 284 g/mol. The highest BCUT2D eigenvalue weighted by Crippen LogP contribution is 2.34. The lowest BCUT2D eigenvalue weighted by Crippen LogP contribution is -2.42. The van der Waals surface area contributed by atoms with Crippen LogP contribution in [0.2, 0.25) is 5.02 Å². The quantitative estimate of drug-likeness (QED) is 0.919. The van der Waals surface area contributed by atoms with Crippen LogP contribution in [-0.2, 0) is 0 Å². The predicted octanol–water partition coefficient (Wildman–Crippen LogP) is 3.60. The third-order valence-electron chi connectivity index (χ3n) is 4.09. The molecule has 0 aliphatic carbocycles. The zero-order valence-corrected chi connectivity index (χ0v) is 12.4. The van der Waals surface area contributed by atoms with Crippen LogP contribution >= 0.6 is 11.6 Å². The second kappa shape index (κ2) is 5.78. The molecule has 1 heterocycles. The van der Waals surface area contributed by atoms with Crippen molar-refractivity contribution in [3.05, 3.63) is 34.6 Å². The van der Waals surface area contributed by atoms with Crippen molar-refractivity contribution in [1.29, 1.82) is 0 Å². The lowest BCUT2D eigenvalue weighted by molar-refractivity contribution is 0.0963. The summed E-state index contributed by atoms with van der Waals surface area (Å²) in [5.74, 6) is -0.293. The van der Waals surface area contributed by atoms with Crippen molar-refractivity contribution in [3.8, 4) is 0 Å². The van der Waals surface area contributed by atoms with Crippen molar-refractivity contribution in [2.45, 2.75) is 32.7 Å². The molecule has 1 unspecified atom stereocenters. The minimum atomic E-state index is -0.293. The van der Waals surface area contributed by atoms with Crippen LogP contribution in [0, 0.1) is 11.2 Å². The molecule has 4 heteroatoms. The van der Waals surface area contributed by atoms with Gasteiger partial charge in [-0.1, -0.05) is 25.4 Å². The molecular formula is C15H22ClFN2. The van der Waals surface area contributed by atoms with Crippen LogP contribution in [0.15, 0.2) is 18.2 Å². The number of nitrogens with zero attached hydrogens (tertiary/aromatic N) is 1. The van der Waals surface area contributed by atoms with Gasteiger partial charge in [-0.05, 0) is 55.1 Å². The highest BCUT2D eigenvalue weighted by molar-refractivity contribution is 6.30. The molecule has 106 valence electrons. The zero-order valence-electron chi connectivity index (χ0n) is 11.6. The summed E-state index contributed by atoms with van der Waals surface area (Å²) in [5.41, 5.74) is 7.18. The molecule has 0 saturated carbocycles. The van der Waals surface area contributed by atoms with Crippen LogP contribution in [0.3, 0.4) is 0 Å². The van der Waals surface area contributed by atoms with Gasteiger partial charge in [-0.15, -0.1) is 0 Å². The van der Waals surface area contributed by atoms with Crippen molar-refractivity contribution in [2.75, 3.05) is 19.6 Å². The molecule has 1 aliphatic rings. The second-order valence-corrected chi connectivity index (χ2v) is 6.59. The average molecular weight is 285 g/mol. The number of piperidine rings is 1. The lowest BCUT2D eigenvalue weighted by atomic mass is 9.82. The van der Waals surface area contributed by atoms with Gasteiger partial charge in [0.25, 0.3) is 0 Å². The maximum atomic E-state index is 13.5. The van der Waals surface area contributed by atoms with Gasteiger partial charge in [-0.25, -0.2) is 4.39 Å². The van der Waals surface area contributed by atoms with Crippen molar-refractivity contribution in [1.82, 2.24) is 4.90 Å². The fourth-order valence-corrected chi connectivity index (χ4v) is 2.93. The molecule has 2 rings (SSSR count). The summed E-state index contributed by atoms with van der Waals surface area (Å²) in [6.07, 6.45) is 2.29. The molecular weight excluding hydrogens is 263 g/mol. The normalized spacial score (nSPS) is 21.3. The molecule has 2 N–H and O–H groups in total. The smallest absolute Gasteiger partial charge is 0.125 e. The van der Waals surface area contributed by atoms with E-state index in [0.29, 0.717) is 17.0 Å². The van der Waals surface area contributed by atoms with Crippen molar-refractivity contribution in [2.24, 2.45) is 11.1 Å². The number of halogens is 2. The first-order valence-corrected chi connectivity index (χ1v) is 7.19. The van der Waals surface area contributed by atoms with Crippen molar-refractivity contribution in [3.63, 3.8) is 0 Å². The Balaban J connectivity index is 2.16. The summed E-state index contributed by atoms with van der Waals surface area (Å²) < 4.78 is 13.5. The largest absolute Gasteiger partial charge is 0.329 e. The Morgan fingerprint density at radius 2 is 1.95 bits per heavy atom. The Bertz CT molecular complexity index is 418. The molecule has 1 atom stereocenters. The Morgan fingerprint density at radius 1 is 1.32 bits per heavy atom. The highest BCUT2D eigenvalue weighted by atomic mass is 35.5. The van der Waals surface area contributed by atoms with Crippen LogP contribution < -0.4 is 5.73 Å². The average Bonchev–Trinajstić information content (AvgIpc) is 2.31. The van der Waals surface area contributed by atoms with E-state index in [1.54, 1.807) is 6.07 Å². The Morgan fingerprint density at radius 3 is 2.47 bits per heavy atom. The van der Waals surface area contributed by atoms with Gasteiger partial charge < -0.3 is 5.73 Å². The Labute approximate surface area is 119 Å². The van der Waals surface area contributed by atoms with Crippen LogP contribution in [-0.4, -0.2) is 24.5 Å². The van der Waals surface area contributed by atoms with Gasteiger partial charge in [0, 0.05) is 17.6 Å². The summed E-state index contributed by atoms with van der Waals surface area (Å²) in [7, 11) is 0. The van der Waals surface area contributed by atoms with E-state index in [9.17, 15) is 4.39 Å². The molecule has 1 aromatic rings. The van der Waals surface area contributed by atoms with E-state index >= 15 is 0 Å². The summed E-state index contributed by atoms with van der Waals surface area (Å²) >= 11 is 5.94. The molecule has 0 amide bonds. The van der Waals surface area contributed by atoms with Crippen molar-refractivity contribution >= 4 is 11.6 Å². The summed E-state index contributed by atoms with van der Waals surface area (Å²) in [6, 6.07) is 4.76. The molecule has 1 aliphatic heterocycles. The molecule has 1 fully saturated rings. The van der Waals surface area contributed by atoms with Gasteiger partial charge >= 0.3 is 0 Å². The lowest BCUT2D eigenvalue weighted by Gasteiger charge is -2.41. The van der Waals surface area contributed by atoms with E-state index in [4.69, 9.17) is 17.3 Å². The number of hydrogen-bond donors (Lipinski definition) is 1. The minimum Gasteiger partial charge on any atom is -0.329 e. The molecule has 0 spiro atoms. The molecule has 1 aromatic carbocycles. The van der Waals surface area contributed by atoms with E-state index in [0.717, 1.165) is 31.5 Å². The summed E-state index contributed by atoms with van der Waals surface area (Å²) in [6.45, 7) is 7.08. The van der Waals surface area contributed by atoms with E-state index < -0.39 is 0 Å². The first kappa shape index (κ1) is 14.8. The van der Waals surface area contributed by atoms with Gasteiger partial charge in [-0.3, -0.25) is 4.90 Å². The molecule has 19 heavy (non-hydrogen) atoms. The third kappa shape index (κ3) is 3.68. The maximum absolute atomic E-state index is 13.5. The topological polar surface area (TPSA) is 29.3 Å². The molecule has 0 aromatic heterocycles. The molecule has 1 saturated heterocycles. The van der Waals surface area contributed by atoms with E-state index in [2.05, 4.69) is 18.7 Å². The summed E-state index contributed by atoms with van der Waals surface area (Å²) in [5, 5.41) is 0.436. The van der Waals surface area contributed by atoms with E-state index in [1.807, 2.05) is 6.07 Å². The predicted molar refractivity (Wildman–Crippen MR) is 77.8 cm³/mol. The Kier molecular flexibility index (Phi) is 4.49. The van der Waals surface area contributed by atoms with Gasteiger partial charge in [0.15, 0.2) is 0 Å². The maximum Gasteiger partial charge on any atom is 0.125 e. The second-order valence-electron chi connectivity index (χ2n) is 6.15. The van der Waals surface area contributed by atoms with Crippen LogP contribution in [0.25, 0.3) is 0 Å². The van der Waals surface area contributed by atoms with Crippen molar-refractivity contribution < 1.29 is 4.39 Å². The fraction of sp³-hybridized carbons (Fsp3) is 0.600.